The molecule has 2 rings (SSSR count). The number of nitrogens with one attached hydrogen (secondary N) is 2. The van der Waals surface area contributed by atoms with Crippen LogP contribution in [-0.4, -0.2) is 21.7 Å². The molecule has 1 aromatic carbocycles. The summed E-state index contributed by atoms with van der Waals surface area (Å²) in [5.41, 5.74) is 3.87. The van der Waals surface area contributed by atoms with Crippen LogP contribution in [0.5, 0.6) is 0 Å². The first kappa shape index (κ1) is 15.1. The van der Waals surface area contributed by atoms with Crippen LogP contribution in [0, 0.1) is 13.8 Å². The first-order chi connectivity index (χ1) is 10.0. The van der Waals surface area contributed by atoms with Gasteiger partial charge in [-0.05, 0) is 38.8 Å². The van der Waals surface area contributed by atoms with Gasteiger partial charge >= 0.3 is 0 Å². The lowest BCUT2D eigenvalue weighted by Gasteiger charge is -2.16. The predicted octanol–water partition coefficient (Wildman–Crippen LogP) is 2.96. The normalized spacial score (nSPS) is 12.0. The molecule has 21 heavy (non-hydrogen) atoms. The molecule has 0 saturated carbocycles. The van der Waals surface area contributed by atoms with Crippen molar-refractivity contribution in [3.63, 3.8) is 0 Å². The van der Waals surface area contributed by atoms with Gasteiger partial charge in [0.1, 0.15) is 6.04 Å². The van der Waals surface area contributed by atoms with Gasteiger partial charge in [-0.1, -0.05) is 18.2 Å². The Morgan fingerprint density at radius 2 is 2.00 bits per heavy atom. The number of nitrogens with zero attached hydrogens (tertiary/aromatic N) is 2. The number of benzene rings is 1. The molecule has 0 bridgehead atoms. The topological polar surface area (TPSA) is 59.0 Å². The van der Waals surface area contributed by atoms with Crippen LogP contribution in [0.2, 0.25) is 0 Å². The number of aryl methyl sites for hydroxylation is 3. The van der Waals surface area contributed by atoms with Crippen LogP contribution >= 0.6 is 0 Å². The highest BCUT2D eigenvalue weighted by molar-refractivity contribution is 5.97. The minimum Gasteiger partial charge on any atom is -0.371 e. The molecule has 5 heteroatoms. The summed E-state index contributed by atoms with van der Waals surface area (Å²) in [6, 6.07) is 5.64. The Kier molecular flexibility index (Phi) is 4.62. The molecule has 1 amide bonds. The fourth-order valence-electron chi connectivity index (χ4n) is 2.17. The second-order valence-electron chi connectivity index (χ2n) is 5.21. The van der Waals surface area contributed by atoms with Crippen molar-refractivity contribution in [2.45, 2.75) is 40.3 Å². The maximum absolute atomic E-state index is 12.3. The summed E-state index contributed by atoms with van der Waals surface area (Å²) in [6.45, 7) is 8.66. The number of hydrogen-bond donors (Lipinski definition) is 2. The lowest BCUT2D eigenvalue weighted by atomic mass is 10.1. The average Bonchev–Trinajstić information content (AvgIpc) is 2.90. The van der Waals surface area contributed by atoms with Crippen LogP contribution in [0.4, 0.5) is 11.4 Å². The van der Waals surface area contributed by atoms with Crippen molar-refractivity contribution in [3.8, 4) is 0 Å². The maximum atomic E-state index is 12.3. The molecule has 0 fully saturated rings. The van der Waals surface area contributed by atoms with E-state index in [0.29, 0.717) is 0 Å². The Morgan fingerprint density at radius 1 is 1.33 bits per heavy atom. The van der Waals surface area contributed by atoms with Gasteiger partial charge in [0.25, 0.3) is 0 Å². The van der Waals surface area contributed by atoms with E-state index in [9.17, 15) is 4.79 Å². The number of rotatable bonds is 5. The van der Waals surface area contributed by atoms with Crippen molar-refractivity contribution < 1.29 is 4.79 Å². The molecule has 1 atom stereocenters. The Bertz CT molecular complexity index is 613. The Hall–Kier alpha value is -2.30. The van der Waals surface area contributed by atoms with Crippen LogP contribution < -0.4 is 10.6 Å². The number of aromatic nitrogens is 2. The lowest BCUT2D eigenvalue weighted by Crippen LogP contribution is -2.32. The fourth-order valence-corrected chi connectivity index (χ4v) is 2.17. The van der Waals surface area contributed by atoms with Crippen molar-refractivity contribution in [1.82, 2.24) is 9.78 Å². The third kappa shape index (κ3) is 3.62. The van der Waals surface area contributed by atoms with Crippen LogP contribution in [0.3, 0.4) is 0 Å². The van der Waals surface area contributed by atoms with Crippen molar-refractivity contribution in [3.05, 3.63) is 41.7 Å². The molecule has 0 saturated heterocycles. The molecular weight excluding hydrogens is 264 g/mol. The summed E-state index contributed by atoms with van der Waals surface area (Å²) >= 11 is 0. The van der Waals surface area contributed by atoms with Gasteiger partial charge in [-0.25, -0.2) is 0 Å². The van der Waals surface area contributed by atoms with E-state index in [2.05, 4.69) is 15.7 Å². The number of amides is 1. The van der Waals surface area contributed by atoms with Gasteiger partial charge in [0, 0.05) is 18.4 Å². The number of carbonyl (C=O) groups is 1. The number of para-hydroxylation sites is 1. The van der Waals surface area contributed by atoms with E-state index in [1.165, 1.54) is 0 Å². The van der Waals surface area contributed by atoms with Gasteiger partial charge in [-0.15, -0.1) is 0 Å². The smallest absolute Gasteiger partial charge is 0.246 e. The van der Waals surface area contributed by atoms with E-state index in [-0.39, 0.29) is 11.9 Å². The van der Waals surface area contributed by atoms with E-state index in [0.717, 1.165) is 29.0 Å². The highest BCUT2D eigenvalue weighted by Gasteiger charge is 2.15. The molecule has 2 aromatic rings. The second-order valence-corrected chi connectivity index (χ2v) is 5.21. The van der Waals surface area contributed by atoms with E-state index >= 15 is 0 Å². The van der Waals surface area contributed by atoms with Gasteiger partial charge in [0.05, 0.1) is 11.9 Å². The molecule has 0 aliphatic carbocycles. The third-order valence-corrected chi connectivity index (χ3v) is 3.46. The Morgan fingerprint density at radius 3 is 2.57 bits per heavy atom. The number of carbonyl (C=O) groups excluding carboxylic acids is 1. The highest BCUT2D eigenvalue weighted by Crippen LogP contribution is 2.20. The SMILES string of the molecule is CCn1cc(N[C@@H](C)C(=O)Nc2c(C)cccc2C)cn1. The number of hydrogen-bond acceptors (Lipinski definition) is 3. The Balaban J connectivity index is 2.02. The van der Waals surface area contributed by atoms with Gasteiger partial charge in [0.2, 0.25) is 5.91 Å². The lowest BCUT2D eigenvalue weighted by molar-refractivity contribution is -0.116. The minimum absolute atomic E-state index is 0.0587. The summed E-state index contributed by atoms with van der Waals surface area (Å²) in [5, 5.41) is 10.3. The molecule has 2 N–H and O–H groups in total. The van der Waals surface area contributed by atoms with Crippen LogP contribution in [-0.2, 0) is 11.3 Å². The van der Waals surface area contributed by atoms with Crippen molar-refractivity contribution in [1.29, 1.82) is 0 Å². The minimum atomic E-state index is -0.335. The summed E-state index contributed by atoms with van der Waals surface area (Å²) in [4.78, 5) is 12.3. The Labute approximate surface area is 125 Å². The first-order valence-corrected chi connectivity index (χ1v) is 7.17. The summed E-state index contributed by atoms with van der Waals surface area (Å²) in [5.74, 6) is -0.0587. The predicted molar refractivity (Wildman–Crippen MR) is 85.5 cm³/mol. The third-order valence-electron chi connectivity index (χ3n) is 3.46. The first-order valence-electron chi connectivity index (χ1n) is 7.17. The van der Waals surface area contributed by atoms with Gasteiger partial charge in [-0.2, -0.15) is 5.10 Å². The van der Waals surface area contributed by atoms with E-state index in [1.54, 1.807) is 6.20 Å². The molecule has 0 aliphatic heterocycles. The van der Waals surface area contributed by atoms with E-state index < -0.39 is 0 Å². The van der Waals surface area contributed by atoms with Crippen LogP contribution in [0.15, 0.2) is 30.6 Å². The van der Waals surface area contributed by atoms with Crippen molar-refractivity contribution in [2.75, 3.05) is 10.6 Å². The quantitative estimate of drug-likeness (QED) is 0.888. The number of anilines is 2. The fraction of sp³-hybridized carbons (Fsp3) is 0.375. The van der Waals surface area contributed by atoms with Gasteiger partial charge < -0.3 is 10.6 Å². The summed E-state index contributed by atoms with van der Waals surface area (Å²) < 4.78 is 1.82. The average molecular weight is 286 g/mol. The van der Waals surface area contributed by atoms with E-state index in [4.69, 9.17) is 0 Å². The highest BCUT2D eigenvalue weighted by atomic mass is 16.2. The molecule has 0 aliphatic rings. The van der Waals surface area contributed by atoms with Gasteiger partial charge in [-0.3, -0.25) is 9.48 Å². The molecule has 0 spiro atoms. The second kappa shape index (κ2) is 6.43. The van der Waals surface area contributed by atoms with Crippen LogP contribution in [0.1, 0.15) is 25.0 Å². The molecule has 1 heterocycles. The zero-order chi connectivity index (χ0) is 15.4. The molecule has 1 aromatic heterocycles. The molecule has 112 valence electrons. The standard InChI is InChI=1S/C16H22N4O/c1-5-20-10-14(9-17-20)18-13(4)16(21)19-15-11(2)7-6-8-12(15)3/h6-10,13,18H,5H2,1-4H3,(H,19,21)/t13-/m0/s1. The molecule has 0 unspecified atom stereocenters. The zero-order valence-electron chi connectivity index (χ0n) is 13.0. The van der Waals surface area contributed by atoms with Crippen LogP contribution in [0.25, 0.3) is 0 Å². The molecule has 0 radical (unpaired) electrons. The maximum Gasteiger partial charge on any atom is 0.246 e. The monoisotopic (exact) mass is 286 g/mol. The summed E-state index contributed by atoms with van der Waals surface area (Å²) in [7, 11) is 0. The largest absolute Gasteiger partial charge is 0.371 e. The van der Waals surface area contributed by atoms with Gasteiger partial charge in [0.15, 0.2) is 0 Å². The molecule has 5 nitrogen and oxygen atoms in total. The van der Waals surface area contributed by atoms with Crippen molar-refractivity contribution in [2.24, 2.45) is 0 Å². The molecular formula is C16H22N4O. The van der Waals surface area contributed by atoms with E-state index in [1.807, 2.05) is 56.8 Å². The summed E-state index contributed by atoms with van der Waals surface area (Å²) in [6.07, 6.45) is 3.62. The zero-order valence-corrected chi connectivity index (χ0v) is 13.0. The van der Waals surface area contributed by atoms with Crippen molar-refractivity contribution >= 4 is 17.3 Å².